The van der Waals surface area contributed by atoms with Crippen LogP contribution < -0.4 is 5.19 Å². The quantitative estimate of drug-likeness (QED) is 0.309. The zero-order valence-electron chi connectivity index (χ0n) is 21.7. The average Bonchev–Trinajstić information content (AvgIpc) is 2.88. The minimum absolute atomic E-state index is 0.218. The highest BCUT2D eigenvalue weighted by molar-refractivity contribution is 7.19. The van der Waals surface area contributed by atoms with Gasteiger partial charge in [0.05, 0.1) is 37.0 Å². The number of aromatic nitrogens is 4. The van der Waals surface area contributed by atoms with Crippen LogP contribution in [0.1, 0.15) is 54.6 Å². The van der Waals surface area contributed by atoms with Crippen LogP contribution in [0, 0.1) is 23.7 Å². The third-order valence-electron chi connectivity index (χ3n) is 9.56. The summed E-state index contributed by atoms with van der Waals surface area (Å²) in [7, 11) is 4.75. The van der Waals surface area contributed by atoms with Gasteiger partial charge in [0.1, 0.15) is 0 Å². The first-order valence-corrected chi connectivity index (χ1v) is 18.3. The summed E-state index contributed by atoms with van der Waals surface area (Å²) in [5.41, 5.74) is 4.92. The number of hydrogen-bond donors (Lipinski definition) is 0. The van der Waals surface area contributed by atoms with E-state index in [4.69, 9.17) is 9.97 Å². The lowest BCUT2D eigenvalue weighted by molar-refractivity contribution is -0.0522. The molecule has 7 heteroatoms. The predicted molar refractivity (Wildman–Crippen MR) is 156 cm³/mol. The molecule has 4 bridgehead atoms. The van der Waals surface area contributed by atoms with Gasteiger partial charge in [0.25, 0.3) is 0 Å². The Morgan fingerprint density at radius 1 is 0.917 bits per heavy atom. The molecule has 0 radical (unpaired) electrons. The minimum atomic E-state index is -1.57. The predicted octanol–water partition coefficient (Wildman–Crippen LogP) is 5.55. The summed E-state index contributed by atoms with van der Waals surface area (Å²) in [6.07, 6.45) is 19.1. The second kappa shape index (κ2) is 9.04. The van der Waals surface area contributed by atoms with Crippen molar-refractivity contribution in [2.45, 2.75) is 62.3 Å². The lowest BCUT2D eigenvalue weighted by atomic mass is 9.43. The van der Waals surface area contributed by atoms with Crippen LogP contribution in [0.2, 0.25) is 19.6 Å². The first-order valence-electron chi connectivity index (χ1n) is 13.4. The molecule has 4 fully saturated rings. The van der Waals surface area contributed by atoms with Crippen molar-refractivity contribution in [3.05, 3.63) is 77.9 Å². The highest BCUT2D eigenvalue weighted by atomic mass is 31.0. The van der Waals surface area contributed by atoms with Crippen molar-refractivity contribution in [2.24, 2.45) is 23.7 Å². The summed E-state index contributed by atoms with van der Waals surface area (Å²) in [5.74, 6) is 3.30. The maximum atomic E-state index is 4.88. The molecule has 0 aliphatic heterocycles. The highest BCUT2D eigenvalue weighted by Gasteiger charge is 2.58. The van der Waals surface area contributed by atoms with E-state index in [0.717, 1.165) is 29.1 Å². The van der Waals surface area contributed by atoms with Crippen LogP contribution in [0.3, 0.4) is 0 Å². The van der Waals surface area contributed by atoms with Crippen LogP contribution in [0.5, 0.6) is 0 Å². The van der Waals surface area contributed by atoms with Crippen molar-refractivity contribution < 1.29 is 0 Å². The molecule has 1 aromatic carbocycles. The molecule has 0 saturated heterocycles. The molecule has 36 heavy (non-hydrogen) atoms. The Balaban J connectivity index is 1.65. The first-order chi connectivity index (χ1) is 17.3. The van der Waals surface area contributed by atoms with Crippen molar-refractivity contribution in [2.75, 3.05) is 6.16 Å². The molecule has 4 nitrogen and oxygen atoms in total. The third kappa shape index (κ3) is 3.84. The van der Waals surface area contributed by atoms with Crippen molar-refractivity contribution in [3.63, 3.8) is 0 Å². The fourth-order valence-electron chi connectivity index (χ4n) is 8.17. The van der Waals surface area contributed by atoms with Gasteiger partial charge in [-0.25, -0.2) is 0 Å². The topological polar surface area (TPSA) is 51.6 Å². The summed E-state index contributed by atoms with van der Waals surface area (Å²) in [4.78, 5) is 18.8. The SMILES string of the molecule is C[Si](C)(C)c1ccc(C23CC4CC(CC(C4)C2CP)C3)c(C(P)(c2cnccn2)c2cnccn2)c1. The van der Waals surface area contributed by atoms with Gasteiger partial charge in [-0.1, -0.05) is 43.0 Å². The van der Waals surface area contributed by atoms with Gasteiger partial charge in [0.2, 0.25) is 0 Å². The molecule has 188 valence electrons. The van der Waals surface area contributed by atoms with Crippen molar-refractivity contribution in [1.82, 2.24) is 19.9 Å². The van der Waals surface area contributed by atoms with Gasteiger partial charge in [0, 0.05) is 24.8 Å². The van der Waals surface area contributed by atoms with Crippen LogP contribution in [-0.2, 0) is 10.6 Å². The van der Waals surface area contributed by atoms with Crippen LogP contribution in [0.4, 0.5) is 0 Å². The lowest BCUT2D eigenvalue weighted by Gasteiger charge is -2.62. The second-order valence-electron chi connectivity index (χ2n) is 12.6. The molecular weight excluding hydrogens is 494 g/mol. The van der Waals surface area contributed by atoms with Crippen LogP contribution in [0.15, 0.2) is 55.4 Å². The van der Waals surface area contributed by atoms with E-state index >= 15 is 0 Å². The Kier molecular flexibility index (Phi) is 6.22. The van der Waals surface area contributed by atoms with Crippen molar-refractivity contribution in [3.8, 4) is 0 Å². The largest absolute Gasteiger partial charge is 0.261 e. The van der Waals surface area contributed by atoms with E-state index in [0.29, 0.717) is 5.92 Å². The van der Waals surface area contributed by atoms with Crippen LogP contribution >= 0.6 is 18.5 Å². The Labute approximate surface area is 221 Å². The highest BCUT2D eigenvalue weighted by Crippen LogP contribution is 2.65. The number of nitrogens with zero attached hydrogens (tertiary/aromatic N) is 4. The Bertz CT molecular complexity index is 1190. The first kappa shape index (κ1) is 24.8. The smallest absolute Gasteiger partial charge is 0.0967 e. The van der Waals surface area contributed by atoms with Gasteiger partial charge >= 0.3 is 0 Å². The van der Waals surface area contributed by atoms with Gasteiger partial charge in [-0.2, -0.15) is 0 Å². The fraction of sp³-hybridized carbons (Fsp3) is 0.517. The molecule has 4 aliphatic rings. The molecule has 0 spiro atoms. The van der Waals surface area contributed by atoms with Crippen LogP contribution in [0.25, 0.3) is 0 Å². The maximum Gasteiger partial charge on any atom is 0.0967 e. The molecule has 7 rings (SSSR count). The number of rotatable bonds is 6. The zero-order valence-corrected chi connectivity index (χ0v) is 25.0. The molecule has 5 atom stereocenters. The van der Waals surface area contributed by atoms with Gasteiger partial charge in [-0.05, 0) is 78.5 Å². The molecule has 0 amide bonds. The molecule has 4 aliphatic carbocycles. The zero-order chi connectivity index (χ0) is 25.1. The summed E-state index contributed by atoms with van der Waals surface area (Å²) >= 11 is 0. The number of benzene rings is 1. The van der Waals surface area contributed by atoms with Crippen molar-refractivity contribution >= 4 is 31.7 Å². The van der Waals surface area contributed by atoms with Gasteiger partial charge in [-0.15, -0.1) is 18.5 Å². The summed E-state index contributed by atoms with van der Waals surface area (Å²) in [6.45, 7) is 7.32. The summed E-state index contributed by atoms with van der Waals surface area (Å²) < 4.78 is 0. The summed E-state index contributed by atoms with van der Waals surface area (Å²) in [6, 6.07) is 7.51. The minimum Gasteiger partial charge on any atom is -0.261 e. The third-order valence-corrected chi connectivity index (χ3v) is 13.0. The van der Waals surface area contributed by atoms with E-state index in [1.165, 1.54) is 54.6 Å². The number of hydrogen-bond acceptors (Lipinski definition) is 4. The fourth-order valence-corrected chi connectivity index (χ4v) is 10.7. The Morgan fingerprint density at radius 2 is 1.53 bits per heavy atom. The van der Waals surface area contributed by atoms with E-state index in [2.05, 4.69) is 66.3 Å². The average molecular weight is 533 g/mol. The molecule has 4 saturated carbocycles. The van der Waals surface area contributed by atoms with Crippen molar-refractivity contribution in [1.29, 1.82) is 0 Å². The van der Waals surface area contributed by atoms with E-state index in [1.54, 1.807) is 12.4 Å². The van der Waals surface area contributed by atoms with E-state index in [1.807, 2.05) is 24.8 Å². The molecule has 2 aromatic heterocycles. The maximum absolute atomic E-state index is 4.88. The van der Waals surface area contributed by atoms with Gasteiger partial charge in [-0.3, -0.25) is 19.9 Å². The lowest BCUT2D eigenvalue weighted by Crippen LogP contribution is -2.56. The van der Waals surface area contributed by atoms with Gasteiger partial charge < -0.3 is 0 Å². The summed E-state index contributed by atoms with van der Waals surface area (Å²) in [5, 5.41) is 0.871. The molecule has 0 N–H and O–H groups in total. The Hall–Kier alpha value is -1.54. The van der Waals surface area contributed by atoms with Crippen LogP contribution in [-0.4, -0.2) is 34.2 Å². The molecule has 5 unspecified atom stereocenters. The van der Waals surface area contributed by atoms with Gasteiger partial charge in [0.15, 0.2) is 0 Å². The van der Waals surface area contributed by atoms with E-state index < -0.39 is 13.2 Å². The van der Waals surface area contributed by atoms with E-state index in [-0.39, 0.29) is 5.41 Å². The monoisotopic (exact) mass is 532 g/mol. The molecule has 3 aromatic rings. The normalized spacial score (nSPS) is 29.5. The second-order valence-corrected chi connectivity index (χ2v) is 19.0. The molecule has 2 heterocycles. The Morgan fingerprint density at radius 3 is 2.03 bits per heavy atom. The standard InChI is InChI=1S/C29H38N4P2Si/c1-36(2,3)22-4-5-23(28-14-19-10-20(15-28)12-21(11-19)25(28)18-34)24(13-22)29(35,26-16-30-6-8-32-26)27-17-31-7-9-33-27/h4-9,13,16-17,19-21,25H,10-12,14-15,18,34-35H2,1-3H3. The van der Waals surface area contributed by atoms with E-state index in [9.17, 15) is 0 Å². The molecular formula is C29H38N4P2Si.